The third kappa shape index (κ3) is 1.52. The molecular weight excluding hydrogens is 208 g/mol. The van der Waals surface area contributed by atoms with Gasteiger partial charge in [0.05, 0.1) is 11.9 Å². The van der Waals surface area contributed by atoms with E-state index in [2.05, 4.69) is 9.97 Å². The van der Waals surface area contributed by atoms with E-state index in [1.54, 1.807) is 10.8 Å². The van der Waals surface area contributed by atoms with Crippen LogP contribution in [0.25, 0.3) is 5.00 Å². The zero-order chi connectivity index (χ0) is 9.42. The Kier molecular flexibility index (Phi) is 1.97. The van der Waals surface area contributed by atoms with E-state index in [0.717, 1.165) is 10.7 Å². The van der Waals surface area contributed by atoms with E-state index in [9.17, 15) is 0 Å². The number of nitrogens with zero attached hydrogens (tertiary/aromatic N) is 3. The van der Waals surface area contributed by atoms with Crippen LogP contribution >= 0.6 is 22.9 Å². The van der Waals surface area contributed by atoms with Crippen molar-refractivity contribution < 1.29 is 0 Å². The molecule has 2 aromatic rings. The molecule has 13 heavy (non-hydrogen) atoms. The number of thiazole rings is 1. The van der Waals surface area contributed by atoms with Crippen LogP contribution in [-0.2, 0) is 0 Å². The molecule has 2 aromatic heterocycles. The number of halogens is 1. The minimum absolute atomic E-state index is 0.456. The lowest BCUT2D eigenvalue weighted by atomic mass is 10.6. The van der Waals surface area contributed by atoms with Crippen LogP contribution in [0.5, 0.6) is 0 Å². The highest BCUT2D eigenvalue weighted by Crippen LogP contribution is 2.23. The second kappa shape index (κ2) is 3.01. The Balaban J connectivity index is 2.51. The molecule has 2 heterocycles. The van der Waals surface area contributed by atoms with Gasteiger partial charge in [-0.05, 0) is 6.92 Å². The van der Waals surface area contributed by atoms with Crippen LogP contribution in [-0.4, -0.2) is 14.5 Å². The van der Waals surface area contributed by atoms with Gasteiger partial charge in [0.2, 0.25) is 5.95 Å². The summed E-state index contributed by atoms with van der Waals surface area (Å²) in [6.45, 7) is 1.88. The Morgan fingerprint density at radius 3 is 2.85 bits per heavy atom. The van der Waals surface area contributed by atoms with Crippen molar-refractivity contribution in [2.45, 2.75) is 6.92 Å². The maximum atomic E-state index is 5.70. The maximum absolute atomic E-state index is 5.70. The van der Waals surface area contributed by atoms with Crippen molar-refractivity contribution >= 4 is 28.9 Å². The van der Waals surface area contributed by atoms with Crippen LogP contribution in [0.2, 0.25) is 4.47 Å². The minimum atomic E-state index is 0.456. The Bertz CT molecular complexity index is 433. The van der Waals surface area contributed by atoms with Crippen LogP contribution in [0.4, 0.5) is 5.95 Å². The van der Waals surface area contributed by atoms with E-state index in [-0.39, 0.29) is 0 Å². The first-order valence-electron chi connectivity index (χ1n) is 3.60. The van der Waals surface area contributed by atoms with Gasteiger partial charge >= 0.3 is 0 Å². The first-order valence-corrected chi connectivity index (χ1v) is 4.79. The number of imidazole rings is 1. The molecule has 0 aliphatic heterocycles. The van der Waals surface area contributed by atoms with Gasteiger partial charge in [-0.1, -0.05) is 22.9 Å². The fourth-order valence-corrected chi connectivity index (χ4v) is 1.96. The van der Waals surface area contributed by atoms with E-state index in [1.165, 1.54) is 11.3 Å². The summed E-state index contributed by atoms with van der Waals surface area (Å²) in [6, 6.07) is 0. The lowest BCUT2D eigenvalue weighted by Gasteiger charge is -1.96. The van der Waals surface area contributed by atoms with Gasteiger partial charge in [0, 0.05) is 6.20 Å². The van der Waals surface area contributed by atoms with Crippen molar-refractivity contribution in [3.63, 3.8) is 0 Å². The second-order valence-corrected chi connectivity index (χ2v) is 4.15. The second-order valence-electron chi connectivity index (χ2n) is 2.56. The summed E-state index contributed by atoms with van der Waals surface area (Å²) >= 11 is 7.07. The molecule has 4 nitrogen and oxygen atoms in total. The summed E-state index contributed by atoms with van der Waals surface area (Å²) in [5, 5.41) is 0.878. The summed E-state index contributed by atoms with van der Waals surface area (Å²) < 4.78 is 2.26. The highest BCUT2D eigenvalue weighted by atomic mass is 35.5. The fraction of sp³-hybridized carbons (Fsp3) is 0.143. The average molecular weight is 215 g/mol. The predicted octanol–water partition coefficient (Wildman–Crippen LogP) is 1.87. The fourth-order valence-electron chi connectivity index (χ4n) is 1.05. The zero-order valence-electron chi connectivity index (χ0n) is 6.86. The third-order valence-electron chi connectivity index (χ3n) is 1.56. The summed E-state index contributed by atoms with van der Waals surface area (Å²) in [5.41, 5.74) is 6.55. The molecule has 0 saturated heterocycles. The number of rotatable bonds is 1. The molecule has 0 aliphatic rings. The van der Waals surface area contributed by atoms with Crippen LogP contribution < -0.4 is 5.73 Å². The van der Waals surface area contributed by atoms with Crippen molar-refractivity contribution in [2.75, 3.05) is 5.73 Å². The largest absolute Gasteiger partial charge is 0.369 e. The number of hydrogen-bond acceptors (Lipinski definition) is 4. The van der Waals surface area contributed by atoms with Gasteiger partial charge in [0.25, 0.3) is 0 Å². The van der Waals surface area contributed by atoms with Crippen LogP contribution in [0.1, 0.15) is 5.69 Å². The number of aryl methyl sites for hydroxylation is 1. The molecule has 0 saturated carbocycles. The van der Waals surface area contributed by atoms with Gasteiger partial charge in [-0.3, -0.25) is 4.57 Å². The molecule has 0 radical (unpaired) electrons. The first kappa shape index (κ1) is 8.52. The van der Waals surface area contributed by atoms with Crippen LogP contribution in [0.15, 0.2) is 12.4 Å². The van der Waals surface area contributed by atoms with Gasteiger partial charge in [-0.15, -0.1) is 0 Å². The molecule has 2 N–H and O–H groups in total. The molecule has 0 spiro atoms. The Morgan fingerprint density at radius 1 is 1.62 bits per heavy atom. The molecule has 0 atom stereocenters. The topological polar surface area (TPSA) is 56.7 Å². The van der Waals surface area contributed by atoms with Crippen molar-refractivity contribution in [3.8, 4) is 5.00 Å². The quantitative estimate of drug-likeness (QED) is 0.789. The third-order valence-corrected chi connectivity index (χ3v) is 2.67. The summed E-state index contributed by atoms with van der Waals surface area (Å²) in [6.07, 6.45) is 3.52. The van der Waals surface area contributed by atoms with E-state index >= 15 is 0 Å². The minimum Gasteiger partial charge on any atom is -0.369 e. The molecule has 68 valence electrons. The van der Waals surface area contributed by atoms with Gasteiger partial charge < -0.3 is 5.73 Å². The predicted molar refractivity (Wildman–Crippen MR) is 53.4 cm³/mol. The molecule has 0 unspecified atom stereocenters. The van der Waals surface area contributed by atoms with Gasteiger partial charge in [0.1, 0.15) is 5.00 Å². The Hall–Kier alpha value is -1.07. The van der Waals surface area contributed by atoms with Crippen molar-refractivity contribution in [1.82, 2.24) is 14.5 Å². The Morgan fingerprint density at radius 2 is 2.38 bits per heavy atom. The summed E-state index contributed by atoms with van der Waals surface area (Å²) in [7, 11) is 0. The van der Waals surface area contributed by atoms with Gasteiger partial charge in [0.15, 0.2) is 4.47 Å². The smallest absolute Gasteiger partial charge is 0.205 e. The van der Waals surface area contributed by atoms with Crippen molar-refractivity contribution in [3.05, 3.63) is 22.6 Å². The number of nitrogen functional groups attached to an aromatic ring is 1. The number of nitrogens with two attached hydrogens (primary N) is 1. The van der Waals surface area contributed by atoms with Crippen LogP contribution in [0, 0.1) is 6.92 Å². The summed E-state index contributed by atoms with van der Waals surface area (Å²) in [5.74, 6) is 0.456. The molecular formula is C7H7ClN4S. The molecule has 0 fully saturated rings. The normalized spacial score (nSPS) is 10.6. The van der Waals surface area contributed by atoms with Gasteiger partial charge in [-0.25, -0.2) is 9.97 Å². The standard InChI is InChI=1S/C7H7ClN4S/c1-4-3-12(7(9)11-4)5-2-10-6(8)13-5/h2-3H,1H3,(H2,9,11). The lowest BCUT2D eigenvalue weighted by molar-refractivity contribution is 1.09. The number of aromatic nitrogens is 3. The average Bonchev–Trinajstić information content (AvgIpc) is 2.58. The number of hydrogen-bond donors (Lipinski definition) is 1. The molecule has 0 aromatic carbocycles. The summed E-state index contributed by atoms with van der Waals surface area (Å²) in [4.78, 5) is 8.00. The zero-order valence-corrected chi connectivity index (χ0v) is 8.43. The van der Waals surface area contributed by atoms with E-state index in [0.29, 0.717) is 10.4 Å². The Labute approximate surface area is 84.0 Å². The highest BCUT2D eigenvalue weighted by Gasteiger charge is 2.06. The first-order chi connectivity index (χ1) is 6.16. The van der Waals surface area contributed by atoms with Gasteiger partial charge in [-0.2, -0.15) is 0 Å². The SMILES string of the molecule is Cc1cn(-c2cnc(Cl)s2)c(N)n1. The van der Waals surface area contributed by atoms with Crippen molar-refractivity contribution in [1.29, 1.82) is 0 Å². The number of anilines is 1. The highest BCUT2D eigenvalue weighted by molar-refractivity contribution is 7.18. The van der Waals surface area contributed by atoms with Crippen molar-refractivity contribution in [2.24, 2.45) is 0 Å². The molecule has 6 heteroatoms. The van der Waals surface area contributed by atoms with E-state index in [4.69, 9.17) is 17.3 Å². The van der Waals surface area contributed by atoms with E-state index in [1.807, 2.05) is 13.1 Å². The van der Waals surface area contributed by atoms with Crippen LogP contribution in [0.3, 0.4) is 0 Å². The maximum Gasteiger partial charge on any atom is 0.205 e. The molecule has 0 bridgehead atoms. The molecule has 0 aliphatic carbocycles. The molecule has 2 rings (SSSR count). The van der Waals surface area contributed by atoms with E-state index < -0.39 is 0 Å². The molecule has 0 amide bonds. The lowest BCUT2D eigenvalue weighted by Crippen LogP contribution is -1.96. The monoisotopic (exact) mass is 214 g/mol.